The molecule has 0 unspecified atom stereocenters. The third-order valence-corrected chi connectivity index (χ3v) is 5.40. The maximum Gasteiger partial charge on any atom is 0.410 e. The molecule has 2 heterocycles. The molecule has 3 rings (SSSR count). The molecule has 2 aliphatic heterocycles. The van der Waals surface area contributed by atoms with Crippen molar-refractivity contribution in [1.82, 2.24) is 9.80 Å². The topological polar surface area (TPSA) is 59.1 Å². The van der Waals surface area contributed by atoms with E-state index in [4.69, 9.17) is 9.47 Å². The third kappa shape index (κ3) is 4.73. The number of hydrogen-bond acceptors (Lipinski definition) is 4. The Kier molecular flexibility index (Phi) is 5.36. The van der Waals surface area contributed by atoms with Crippen LogP contribution in [0.2, 0.25) is 0 Å². The van der Waals surface area contributed by atoms with E-state index in [-0.39, 0.29) is 17.4 Å². The minimum absolute atomic E-state index is 0.161. The Morgan fingerprint density at radius 1 is 1.04 bits per heavy atom. The summed E-state index contributed by atoms with van der Waals surface area (Å²) in [6.07, 6.45) is 2.08. The maximum absolute atomic E-state index is 12.6. The van der Waals surface area contributed by atoms with Crippen molar-refractivity contribution in [2.75, 3.05) is 33.3 Å². The Bertz CT molecular complexity index is 677. The number of carbonyl (C=O) groups is 2. The van der Waals surface area contributed by atoms with Crippen LogP contribution in [-0.4, -0.2) is 60.7 Å². The van der Waals surface area contributed by atoms with Gasteiger partial charge in [-0.3, -0.25) is 4.79 Å². The smallest absolute Gasteiger partial charge is 0.410 e. The SMILES string of the molecule is COc1ccc(CC(=O)N2CCC3(CC2)CN(C(=O)OC(C)(C)C)C3)cc1. The molecule has 0 radical (unpaired) electrons. The molecule has 148 valence electrons. The molecule has 1 aromatic carbocycles. The second-order valence-electron chi connectivity index (χ2n) is 8.74. The van der Waals surface area contributed by atoms with Crippen LogP contribution in [0.1, 0.15) is 39.2 Å². The van der Waals surface area contributed by atoms with Crippen molar-refractivity contribution in [2.24, 2.45) is 5.41 Å². The van der Waals surface area contributed by atoms with Crippen LogP contribution in [-0.2, 0) is 16.0 Å². The largest absolute Gasteiger partial charge is 0.497 e. The van der Waals surface area contributed by atoms with Crippen LogP contribution in [0.25, 0.3) is 0 Å². The lowest BCUT2D eigenvalue weighted by molar-refractivity contribution is -0.135. The van der Waals surface area contributed by atoms with Crippen LogP contribution >= 0.6 is 0 Å². The first kappa shape index (κ1) is 19.5. The minimum Gasteiger partial charge on any atom is -0.497 e. The Morgan fingerprint density at radius 2 is 1.63 bits per heavy atom. The second-order valence-corrected chi connectivity index (χ2v) is 8.74. The van der Waals surface area contributed by atoms with Crippen LogP contribution < -0.4 is 4.74 Å². The summed E-state index contributed by atoms with van der Waals surface area (Å²) in [7, 11) is 1.63. The number of benzene rings is 1. The first-order chi connectivity index (χ1) is 12.7. The van der Waals surface area contributed by atoms with Crippen molar-refractivity contribution < 1.29 is 19.1 Å². The van der Waals surface area contributed by atoms with Crippen molar-refractivity contribution >= 4 is 12.0 Å². The minimum atomic E-state index is -0.461. The molecule has 1 spiro atoms. The summed E-state index contributed by atoms with van der Waals surface area (Å²) < 4.78 is 10.6. The molecule has 0 N–H and O–H groups in total. The van der Waals surface area contributed by atoms with Crippen LogP contribution in [0.3, 0.4) is 0 Å². The second kappa shape index (κ2) is 7.41. The van der Waals surface area contributed by atoms with E-state index >= 15 is 0 Å². The molecule has 6 heteroatoms. The van der Waals surface area contributed by atoms with Gasteiger partial charge in [0.15, 0.2) is 0 Å². The molecule has 2 fully saturated rings. The van der Waals surface area contributed by atoms with Crippen molar-refractivity contribution in [2.45, 2.75) is 45.6 Å². The number of rotatable bonds is 3. The standard InChI is InChI=1S/C21H30N2O4/c1-20(2,3)27-19(25)23-14-21(15-23)9-11-22(12-10-21)18(24)13-16-5-7-17(26-4)8-6-16/h5-8H,9-15H2,1-4H3. The maximum atomic E-state index is 12.6. The molecular weight excluding hydrogens is 344 g/mol. The summed E-state index contributed by atoms with van der Waals surface area (Å²) in [5, 5.41) is 0. The predicted molar refractivity (Wildman–Crippen MR) is 103 cm³/mol. The highest BCUT2D eigenvalue weighted by Crippen LogP contribution is 2.41. The van der Waals surface area contributed by atoms with E-state index in [1.165, 1.54) is 0 Å². The fraction of sp³-hybridized carbons (Fsp3) is 0.619. The van der Waals surface area contributed by atoms with Gasteiger partial charge in [-0.2, -0.15) is 0 Å². The van der Waals surface area contributed by atoms with Gasteiger partial charge >= 0.3 is 6.09 Å². The third-order valence-electron chi connectivity index (χ3n) is 5.40. The lowest BCUT2D eigenvalue weighted by Gasteiger charge is -2.53. The molecule has 0 atom stereocenters. The zero-order valence-electron chi connectivity index (χ0n) is 16.8. The molecule has 0 saturated carbocycles. The first-order valence-electron chi connectivity index (χ1n) is 9.58. The van der Waals surface area contributed by atoms with Gasteiger partial charge in [-0.15, -0.1) is 0 Å². The number of carbonyl (C=O) groups excluding carboxylic acids is 2. The molecule has 0 bridgehead atoms. The number of amides is 2. The highest BCUT2D eigenvalue weighted by Gasteiger charge is 2.48. The van der Waals surface area contributed by atoms with Crippen molar-refractivity contribution in [1.29, 1.82) is 0 Å². The lowest BCUT2D eigenvalue weighted by Crippen LogP contribution is -2.62. The summed E-state index contributed by atoms with van der Waals surface area (Å²) in [5.41, 5.74) is 0.700. The van der Waals surface area contributed by atoms with Crippen LogP contribution in [0, 0.1) is 5.41 Å². The first-order valence-corrected chi connectivity index (χ1v) is 9.58. The van der Waals surface area contributed by atoms with E-state index in [0.29, 0.717) is 6.42 Å². The molecular formula is C21H30N2O4. The number of ether oxygens (including phenoxy) is 2. The summed E-state index contributed by atoms with van der Waals surface area (Å²) in [4.78, 5) is 28.4. The van der Waals surface area contributed by atoms with Crippen molar-refractivity contribution in [3.8, 4) is 5.75 Å². The predicted octanol–water partition coefficient (Wildman–Crippen LogP) is 3.10. The van der Waals surface area contributed by atoms with Gasteiger partial charge in [-0.1, -0.05) is 12.1 Å². The molecule has 2 saturated heterocycles. The van der Waals surface area contributed by atoms with Gasteiger partial charge in [0.2, 0.25) is 5.91 Å². The van der Waals surface area contributed by atoms with E-state index in [1.807, 2.05) is 49.9 Å². The molecule has 0 aliphatic carbocycles. The Balaban J connectivity index is 1.45. The van der Waals surface area contributed by atoms with Gasteiger partial charge in [0.05, 0.1) is 13.5 Å². The van der Waals surface area contributed by atoms with E-state index in [2.05, 4.69) is 0 Å². The van der Waals surface area contributed by atoms with E-state index in [1.54, 1.807) is 12.0 Å². The number of likely N-dealkylation sites (tertiary alicyclic amines) is 2. The highest BCUT2D eigenvalue weighted by atomic mass is 16.6. The van der Waals surface area contributed by atoms with Crippen LogP contribution in [0.4, 0.5) is 4.79 Å². The van der Waals surface area contributed by atoms with Gasteiger partial charge in [0.1, 0.15) is 11.4 Å². The van der Waals surface area contributed by atoms with E-state index in [0.717, 1.165) is 50.3 Å². The van der Waals surface area contributed by atoms with Crippen molar-refractivity contribution in [3.05, 3.63) is 29.8 Å². The number of piperidine rings is 1. The normalized spacial score (nSPS) is 18.8. The zero-order valence-corrected chi connectivity index (χ0v) is 16.8. The summed E-state index contributed by atoms with van der Waals surface area (Å²) in [5.74, 6) is 0.962. The molecule has 2 amide bonds. The number of methoxy groups -OCH3 is 1. The lowest BCUT2D eigenvalue weighted by atomic mass is 9.72. The monoisotopic (exact) mass is 374 g/mol. The van der Waals surface area contributed by atoms with Crippen LogP contribution in [0.5, 0.6) is 5.75 Å². The summed E-state index contributed by atoms with van der Waals surface area (Å²) in [6.45, 7) is 8.65. The number of nitrogens with zero attached hydrogens (tertiary/aromatic N) is 2. The fourth-order valence-electron chi connectivity index (χ4n) is 3.80. The van der Waals surface area contributed by atoms with E-state index < -0.39 is 5.60 Å². The highest BCUT2D eigenvalue weighted by molar-refractivity contribution is 5.79. The quantitative estimate of drug-likeness (QED) is 0.816. The van der Waals surface area contributed by atoms with Gasteiger partial charge in [-0.05, 0) is 51.3 Å². The van der Waals surface area contributed by atoms with Gasteiger partial charge in [0.25, 0.3) is 0 Å². The fourth-order valence-corrected chi connectivity index (χ4v) is 3.80. The zero-order chi connectivity index (χ0) is 19.7. The average molecular weight is 374 g/mol. The molecule has 1 aromatic rings. The molecule has 6 nitrogen and oxygen atoms in total. The van der Waals surface area contributed by atoms with Gasteiger partial charge in [0, 0.05) is 31.6 Å². The Morgan fingerprint density at radius 3 is 2.15 bits per heavy atom. The summed E-state index contributed by atoms with van der Waals surface area (Å²) in [6, 6.07) is 7.64. The summed E-state index contributed by atoms with van der Waals surface area (Å²) >= 11 is 0. The molecule has 2 aliphatic rings. The van der Waals surface area contributed by atoms with Crippen molar-refractivity contribution in [3.63, 3.8) is 0 Å². The Hall–Kier alpha value is -2.24. The van der Waals surface area contributed by atoms with Gasteiger partial charge in [-0.25, -0.2) is 4.79 Å². The molecule has 0 aromatic heterocycles. The average Bonchev–Trinajstić information content (AvgIpc) is 2.59. The van der Waals surface area contributed by atoms with E-state index in [9.17, 15) is 9.59 Å². The number of hydrogen-bond donors (Lipinski definition) is 0. The van der Waals surface area contributed by atoms with Gasteiger partial charge < -0.3 is 19.3 Å². The van der Waals surface area contributed by atoms with Crippen LogP contribution in [0.15, 0.2) is 24.3 Å². The Labute approximate surface area is 161 Å². The molecule has 27 heavy (non-hydrogen) atoms.